The minimum atomic E-state index is 0.189. The van der Waals surface area contributed by atoms with Gasteiger partial charge in [-0.1, -0.05) is 20.8 Å². The Morgan fingerprint density at radius 2 is 2.20 bits per heavy atom. The first kappa shape index (κ1) is 12.5. The molecule has 3 N–H and O–H groups in total. The number of hydrogen-bond donors (Lipinski definition) is 2. The van der Waals surface area contributed by atoms with Crippen molar-refractivity contribution in [3.8, 4) is 0 Å². The van der Waals surface area contributed by atoms with Gasteiger partial charge in [0, 0.05) is 18.0 Å². The molecule has 3 nitrogen and oxygen atoms in total. The maximum absolute atomic E-state index is 6.03. The molecule has 0 aromatic carbocycles. The zero-order chi connectivity index (χ0) is 11.5. The second kappa shape index (κ2) is 4.94. The Kier molecular flexibility index (Phi) is 4.11. The lowest BCUT2D eigenvalue weighted by Gasteiger charge is -2.23. The Bertz CT molecular complexity index is 301. The lowest BCUT2D eigenvalue weighted by molar-refractivity contribution is 0.345. The monoisotopic (exact) mass is 227 g/mol. The van der Waals surface area contributed by atoms with Gasteiger partial charge < -0.3 is 11.1 Å². The number of aromatic nitrogens is 1. The molecule has 0 saturated heterocycles. The number of aryl methyl sites for hydroxylation is 1. The van der Waals surface area contributed by atoms with Gasteiger partial charge in [0.25, 0.3) is 0 Å². The van der Waals surface area contributed by atoms with E-state index in [2.05, 4.69) is 31.1 Å². The molecular weight excluding hydrogens is 206 g/mol. The van der Waals surface area contributed by atoms with Gasteiger partial charge in [-0.2, -0.15) is 0 Å². The van der Waals surface area contributed by atoms with Crippen LogP contribution in [0.25, 0.3) is 0 Å². The van der Waals surface area contributed by atoms with Crippen LogP contribution >= 0.6 is 11.3 Å². The molecule has 1 rings (SSSR count). The van der Waals surface area contributed by atoms with Crippen LogP contribution in [0.5, 0.6) is 0 Å². The molecule has 1 unspecified atom stereocenters. The van der Waals surface area contributed by atoms with E-state index < -0.39 is 0 Å². The van der Waals surface area contributed by atoms with Crippen molar-refractivity contribution in [1.82, 2.24) is 4.98 Å². The molecule has 1 aromatic rings. The molecule has 1 heterocycles. The van der Waals surface area contributed by atoms with Crippen molar-refractivity contribution in [2.24, 2.45) is 11.1 Å². The third kappa shape index (κ3) is 5.14. The summed E-state index contributed by atoms with van der Waals surface area (Å²) in [6.07, 6.45) is 1.02. The van der Waals surface area contributed by atoms with Crippen LogP contribution in [0.15, 0.2) is 5.38 Å². The number of rotatable bonds is 4. The van der Waals surface area contributed by atoms with E-state index >= 15 is 0 Å². The summed E-state index contributed by atoms with van der Waals surface area (Å²) in [5.41, 5.74) is 7.38. The molecule has 0 aliphatic rings. The van der Waals surface area contributed by atoms with Crippen molar-refractivity contribution in [2.75, 3.05) is 11.9 Å². The molecule has 1 atom stereocenters. The average Bonchev–Trinajstić information content (AvgIpc) is 2.45. The highest BCUT2D eigenvalue weighted by atomic mass is 32.1. The van der Waals surface area contributed by atoms with Crippen LogP contribution in [0.2, 0.25) is 0 Å². The van der Waals surface area contributed by atoms with Gasteiger partial charge >= 0.3 is 0 Å². The second-order valence-electron chi connectivity index (χ2n) is 5.20. The summed E-state index contributed by atoms with van der Waals surface area (Å²) in [5.74, 6) is 0. The fraction of sp³-hybridized carbons (Fsp3) is 0.727. The molecule has 0 amide bonds. The van der Waals surface area contributed by atoms with Gasteiger partial charge in [0.2, 0.25) is 0 Å². The van der Waals surface area contributed by atoms with E-state index in [1.807, 2.05) is 12.3 Å². The van der Waals surface area contributed by atoms with E-state index in [0.29, 0.717) is 5.41 Å². The number of nitrogens with two attached hydrogens (primary N) is 1. The molecule has 0 bridgehead atoms. The first-order valence-electron chi connectivity index (χ1n) is 5.28. The van der Waals surface area contributed by atoms with Crippen LogP contribution in [-0.2, 0) is 0 Å². The summed E-state index contributed by atoms with van der Waals surface area (Å²) >= 11 is 1.63. The Morgan fingerprint density at radius 1 is 1.53 bits per heavy atom. The third-order valence-corrected chi connectivity index (χ3v) is 2.93. The van der Waals surface area contributed by atoms with Crippen LogP contribution in [0.3, 0.4) is 0 Å². The average molecular weight is 227 g/mol. The number of anilines is 1. The molecule has 86 valence electrons. The van der Waals surface area contributed by atoms with E-state index in [9.17, 15) is 0 Å². The molecule has 0 spiro atoms. The molecule has 15 heavy (non-hydrogen) atoms. The summed E-state index contributed by atoms with van der Waals surface area (Å²) in [7, 11) is 0. The van der Waals surface area contributed by atoms with E-state index in [-0.39, 0.29) is 6.04 Å². The van der Waals surface area contributed by atoms with E-state index in [4.69, 9.17) is 5.73 Å². The lowest BCUT2D eigenvalue weighted by atomic mass is 9.88. The van der Waals surface area contributed by atoms with E-state index in [0.717, 1.165) is 23.8 Å². The zero-order valence-corrected chi connectivity index (χ0v) is 10.8. The molecule has 0 fully saturated rings. The quantitative estimate of drug-likeness (QED) is 0.831. The highest BCUT2D eigenvalue weighted by Crippen LogP contribution is 2.20. The molecule has 0 radical (unpaired) electrons. The first-order valence-corrected chi connectivity index (χ1v) is 6.16. The van der Waals surface area contributed by atoms with Gasteiger partial charge in [-0.05, 0) is 18.8 Å². The van der Waals surface area contributed by atoms with Crippen LogP contribution in [0.1, 0.15) is 32.9 Å². The SMILES string of the molecule is Cc1csc(NCC(N)CC(C)(C)C)n1. The molecule has 4 heteroatoms. The number of nitrogens with zero attached hydrogens (tertiary/aromatic N) is 1. The van der Waals surface area contributed by atoms with Crippen molar-refractivity contribution in [1.29, 1.82) is 0 Å². The van der Waals surface area contributed by atoms with Crippen LogP contribution in [-0.4, -0.2) is 17.6 Å². The molecule has 0 saturated carbocycles. The van der Waals surface area contributed by atoms with Crippen molar-refractivity contribution < 1.29 is 0 Å². The van der Waals surface area contributed by atoms with Gasteiger partial charge in [-0.25, -0.2) is 4.98 Å². The fourth-order valence-electron chi connectivity index (χ4n) is 1.51. The predicted octanol–water partition coefficient (Wildman–Crippen LogP) is 2.63. The highest BCUT2D eigenvalue weighted by molar-refractivity contribution is 7.13. The number of nitrogens with one attached hydrogen (secondary N) is 1. The van der Waals surface area contributed by atoms with Crippen LogP contribution in [0.4, 0.5) is 5.13 Å². The number of hydrogen-bond acceptors (Lipinski definition) is 4. The smallest absolute Gasteiger partial charge is 0.182 e. The van der Waals surface area contributed by atoms with Gasteiger partial charge in [-0.3, -0.25) is 0 Å². The molecule has 0 aliphatic heterocycles. The fourth-order valence-corrected chi connectivity index (χ4v) is 2.21. The Hall–Kier alpha value is -0.610. The normalized spacial score (nSPS) is 13.9. The zero-order valence-electron chi connectivity index (χ0n) is 10.0. The van der Waals surface area contributed by atoms with Crippen LogP contribution < -0.4 is 11.1 Å². The van der Waals surface area contributed by atoms with Gasteiger partial charge in [0.1, 0.15) is 0 Å². The maximum Gasteiger partial charge on any atom is 0.182 e. The largest absolute Gasteiger partial charge is 0.360 e. The topological polar surface area (TPSA) is 50.9 Å². The minimum Gasteiger partial charge on any atom is -0.360 e. The minimum absolute atomic E-state index is 0.189. The highest BCUT2D eigenvalue weighted by Gasteiger charge is 2.15. The molecule has 0 aliphatic carbocycles. The summed E-state index contributed by atoms with van der Waals surface area (Å²) in [6, 6.07) is 0.189. The Morgan fingerprint density at radius 3 is 2.67 bits per heavy atom. The number of thiazole rings is 1. The van der Waals surface area contributed by atoms with Gasteiger partial charge in [0.05, 0.1) is 5.69 Å². The van der Waals surface area contributed by atoms with Gasteiger partial charge in [-0.15, -0.1) is 11.3 Å². The van der Waals surface area contributed by atoms with Crippen molar-refractivity contribution >= 4 is 16.5 Å². The first-order chi connectivity index (χ1) is 6.87. The van der Waals surface area contributed by atoms with Crippen molar-refractivity contribution in [3.05, 3.63) is 11.1 Å². The second-order valence-corrected chi connectivity index (χ2v) is 6.06. The molecular formula is C11H21N3S. The summed E-state index contributed by atoms with van der Waals surface area (Å²) in [4.78, 5) is 4.33. The van der Waals surface area contributed by atoms with Crippen LogP contribution in [0, 0.1) is 12.3 Å². The molecule has 1 aromatic heterocycles. The Balaban J connectivity index is 2.31. The predicted molar refractivity (Wildman–Crippen MR) is 67.4 cm³/mol. The summed E-state index contributed by atoms with van der Waals surface area (Å²) in [6.45, 7) is 9.42. The van der Waals surface area contributed by atoms with E-state index in [1.165, 1.54) is 0 Å². The standard InChI is InChI=1S/C11H21N3S/c1-8-7-15-10(14-8)13-6-9(12)5-11(2,3)4/h7,9H,5-6,12H2,1-4H3,(H,13,14). The summed E-state index contributed by atoms with van der Waals surface area (Å²) in [5, 5.41) is 6.28. The lowest BCUT2D eigenvalue weighted by Crippen LogP contribution is -2.33. The maximum atomic E-state index is 6.03. The van der Waals surface area contributed by atoms with Crippen molar-refractivity contribution in [2.45, 2.75) is 40.2 Å². The van der Waals surface area contributed by atoms with E-state index in [1.54, 1.807) is 11.3 Å². The van der Waals surface area contributed by atoms with Gasteiger partial charge in [0.15, 0.2) is 5.13 Å². The summed E-state index contributed by atoms with van der Waals surface area (Å²) < 4.78 is 0. The van der Waals surface area contributed by atoms with Crippen molar-refractivity contribution in [3.63, 3.8) is 0 Å². The third-order valence-electron chi connectivity index (χ3n) is 2.01. The Labute approximate surface area is 96.1 Å².